The molecule has 3 nitrogen and oxygen atoms in total. The van der Waals surface area contributed by atoms with Gasteiger partial charge in [-0.15, -0.1) is 12.4 Å². The zero-order valence-electron chi connectivity index (χ0n) is 8.48. The lowest BCUT2D eigenvalue weighted by molar-refractivity contribution is -0.142. The minimum Gasteiger partial charge on any atom is -0.480 e. The molecule has 0 aliphatic heterocycles. The van der Waals surface area contributed by atoms with E-state index < -0.39 is 12.0 Å². The minimum atomic E-state index is -0.878. The van der Waals surface area contributed by atoms with E-state index in [1.54, 1.807) is 43.3 Å². The van der Waals surface area contributed by atoms with Gasteiger partial charge in [-0.05, 0) is 31.8 Å². The first kappa shape index (κ1) is 14.2. The summed E-state index contributed by atoms with van der Waals surface area (Å²) in [6.45, 7) is 0. The van der Waals surface area contributed by atoms with Crippen LogP contribution in [0.15, 0.2) is 24.3 Å². The number of carboxylic acid groups (broad SMARTS) is 1. The minimum absolute atomic E-state index is 0. The molecule has 1 atom stereocenters. The van der Waals surface area contributed by atoms with Crippen LogP contribution in [0.25, 0.3) is 0 Å². The van der Waals surface area contributed by atoms with E-state index in [1.165, 1.54) is 0 Å². The fraction of sp³-hybridized carbons (Fsp3) is 0.300. The van der Waals surface area contributed by atoms with E-state index in [0.717, 1.165) is 0 Å². The second-order valence-corrected chi connectivity index (χ2v) is 3.70. The first-order chi connectivity index (χ1) is 6.52. The third-order valence-electron chi connectivity index (χ3n) is 1.91. The van der Waals surface area contributed by atoms with Gasteiger partial charge in [-0.3, -0.25) is 9.69 Å². The maximum absolute atomic E-state index is 11.0. The molecule has 0 aromatic heterocycles. The van der Waals surface area contributed by atoms with E-state index in [4.69, 9.17) is 16.7 Å². The summed E-state index contributed by atoms with van der Waals surface area (Å²) in [6, 6.07) is 6.25. The number of halogens is 2. The van der Waals surface area contributed by atoms with Gasteiger partial charge in [-0.1, -0.05) is 23.7 Å². The monoisotopic (exact) mass is 249 g/mol. The molecule has 1 rings (SSSR count). The summed E-state index contributed by atoms with van der Waals surface area (Å²) in [5, 5.41) is 9.55. The number of benzene rings is 1. The summed E-state index contributed by atoms with van der Waals surface area (Å²) in [6.07, 6.45) is 0. The van der Waals surface area contributed by atoms with Crippen LogP contribution in [0.4, 0.5) is 0 Å². The molecule has 1 aromatic carbocycles. The number of rotatable bonds is 3. The zero-order chi connectivity index (χ0) is 10.7. The topological polar surface area (TPSA) is 40.5 Å². The molecule has 0 saturated heterocycles. The molecule has 0 aliphatic carbocycles. The van der Waals surface area contributed by atoms with Gasteiger partial charge in [0.15, 0.2) is 0 Å². The molecule has 0 heterocycles. The summed E-state index contributed by atoms with van der Waals surface area (Å²) in [5.74, 6) is -0.878. The van der Waals surface area contributed by atoms with E-state index >= 15 is 0 Å². The highest BCUT2D eigenvalue weighted by molar-refractivity contribution is 6.30. The van der Waals surface area contributed by atoms with Crippen molar-refractivity contribution in [3.8, 4) is 0 Å². The molecular weight excluding hydrogens is 237 g/mol. The molecule has 0 spiro atoms. The second-order valence-electron chi connectivity index (χ2n) is 3.26. The van der Waals surface area contributed by atoms with Crippen molar-refractivity contribution in [1.82, 2.24) is 4.90 Å². The van der Waals surface area contributed by atoms with Crippen LogP contribution >= 0.6 is 24.0 Å². The van der Waals surface area contributed by atoms with Gasteiger partial charge < -0.3 is 5.11 Å². The van der Waals surface area contributed by atoms with Gasteiger partial charge >= 0.3 is 5.97 Å². The molecule has 0 amide bonds. The van der Waals surface area contributed by atoms with Gasteiger partial charge in [0.25, 0.3) is 0 Å². The van der Waals surface area contributed by atoms with Crippen molar-refractivity contribution in [2.45, 2.75) is 6.04 Å². The van der Waals surface area contributed by atoms with Gasteiger partial charge in [-0.25, -0.2) is 0 Å². The Morgan fingerprint density at radius 1 is 1.47 bits per heavy atom. The van der Waals surface area contributed by atoms with Crippen molar-refractivity contribution in [2.24, 2.45) is 0 Å². The third-order valence-corrected chi connectivity index (χ3v) is 2.15. The Kier molecular flexibility index (Phi) is 5.65. The van der Waals surface area contributed by atoms with Crippen LogP contribution in [0.5, 0.6) is 0 Å². The van der Waals surface area contributed by atoms with Crippen molar-refractivity contribution in [3.63, 3.8) is 0 Å². The molecule has 1 unspecified atom stereocenters. The van der Waals surface area contributed by atoms with E-state index in [0.29, 0.717) is 10.6 Å². The average Bonchev–Trinajstić information content (AvgIpc) is 2.02. The fourth-order valence-corrected chi connectivity index (χ4v) is 1.54. The standard InChI is InChI=1S/C10H12ClNO2.ClH/c1-12(2)9(10(13)14)7-4-3-5-8(11)6-7;/h3-6,9H,1-2H3,(H,13,14);1H. The number of hydrogen-bond donors (Lipinski definition) is 1. The molecule has 0 aliphatic rings. The predicted octanol–water partition coefficient (Wildman–Crippen LogP) is 2.45. The lowest BCUT2D eigenvalue weighted by atomic mass is 10.1. The third kappa shape index (κ3) is 3.70. The Balaban J connectivity index is 0.00000196. The fourth-order valence-electron chi connectivity index (χ4n) is 1.34. The quantitative estimate of drug-likeness (QED) is 0.895. The Morgan fingerprint density at radius 2 is 2.07 bits per heavy atom. The van der Waals surface area contributed by atoms with Gasteiger partial charge in [0.2, 0.25) is 0 Å². The van der Waals surface area contributed by atoms with E-state index in [1.807, 2.05) is 0 Å². The van der Waals surface area contributed by atoms with Gasteiger partial charge in [0.1, 0.15) is 6.04 Å². The van der Waals surface area contributed by atoms with Crippen LogP contribution < -0.4 is 0 Å². The molecule has 0 bridgehead atoms. The number of carbonyl (C=O) groups is 1. The van der Waals surface area contributed by atoms with Crippen LogP contribution in [0.2, 0.25) is 5.02 Å². The highest BCUT2D eigenvalue weighted by Crippen LogP contribution is 2.21. The Hall–Kier alpha value is -0.770. The van der Waals surface area contributed by atoms with Crippen LogP contribution in [0.1, 0.15) is 11.6 Å². The van der Waals surface area contributed by atoms with Crippen LogP contribution in [0.3, 0.4) is 0 Å². The van der Waals surface area contributed by atoms with Gasteiger partial charge in [0.05, 0.1) is 0 Å². The molecule has 84 valence electrons. The summed E-state index contributed by atoms with van der Waals surface area (Å²) >= 11 is 5.79. The SMILES string of the molecule is CN(C)C(C(=O)O)c1cccc(Cl)c1.Cl. The highest BCUT2D eigenvalue weighted by atomic mass is 35.5. The van der Waals surface area contributed by atoms with E-state index in [2.05, 4.69) is 0 Å². The van der Waals surface area contributed by atoms with Crippen molar-refractivity contribution in [1.29, 1.82) is 0 Å². The lowest BCUT2D eigenvalue weighted by Crippen LogP contribution is -2.27. The summed E-state index contributed by atoms with van der Waals surface area (Å²) in [4.78, 5) is 12.6. The largest absolute Gasteiger partial charge is 0.480 e. The number of aliphatic carboxylic acids is 1. The van der Waals surface area contributed by atoms with E-state index in [-0.39, 0.29) is 12.4 Å². The van der Waals surface area contributed by atoms with Crippen molar-refractivity contribution < 1.29 is 9.90 Å². The number of nitrogens with zero attached hydrogens (tertiary/aromatic N) is 1. The Labute approximate surface area is 100 Å². The summed E-state index contributed by atoms with van der Waals surface area (Å²) in [7, 11) is 3.44. The Morgan fingerprint density at radius 3 is 2.47 bits per heavy atom. The smallest absolute Gasteiger partial charge is 0.325 e. The number of hydrogen-bond acceptors (Lipinski definition) is 2. The number of carboxylic acids is 1. The molecule has 0 saturated carbocycles. The zero-order valence-corrected chi connectivity index (χ0v) is 10.0. The lowest BCUT2D eigenvalue weighted by Gasteiger charge is -2.20. The maximum Gasteiger partial charge on any atom is 0.325 e. The van der Waals surface area contributed by atoms with Crippen molar-refractivity contribution in [2.75, 3.05) is 14.1 Å². The molecular formula is C10H13Cl2NO2. The van der Waals surface area contributed by atoms with Crippen LogP contribution in [-0.2, 0) is 4.79 Å². The first-order valence-corrected chi connectivity index (χ1v) is 4.55. The Bertz CT molecular complexity index is 342. The molecule has 0 fully saturated rings. The number of likely N-dealkylation sites (N-methyl/N-ethyl adjacent to an activating group) is 1. The molecule has 1 N–H and O–H groups in total. The first-order valence-electron chi connectivity index (χ1n) is 4.17. The molecule has 0 radical (unpaired) electrons. The van der Waals surface area contributed by atoms with Gasteiger partial charge in [0, 0.05) is 5.02 Å². The van der Waals surface area contributed by atoms with E-state index in [9.17, 15) is 4.79 Å². The molecule has 5 heteroatoms. The highest BCUT2D eigenvalue weighted by Gasteiger charge is 2.21. The van der Waals surface area contributed by atoms with Crippen LogP contribution in [-0.4, -0.2) is 30.1 Å². The van der Waals surface area contributed by atoms with Crippen molar-refractivity contribution in [3.05, 3.63) is 34.9 Å². The normalized spacial score (nSPS) is 12.0. The maximum atomic E-state index is 11.0. The molecule has 1 aromatic rings. The van der Waals surface area contributed by atoms with Crippen LogP contribution in [0, 0.1) is 0 Å². The summed E-state index contributed by atoms with van der Waals surface area (Å²) < 4.78 is 0. The van der Waals surface area contributed by atoms with Crippen molar-refractivity contribution >= 4 is 30.0 Å². The second kappa shape index (κ2) is 5.95. The average molecular weight is 250 g/mol. The van der Waals surface area contributed by atoms with Gasteiger partial charge in [-0.2, -0.15) is 0 Å². The summed E-state index contributed by atoms with van der Waals surface area (Å²) in [5.41, 5.74) is 0.690. The predicted molar refractivity (Wildman–Crippen MR) is 62.8 cm³/mol. The molecule has 15 heavy (non-hydrogen) atoms.